The van der Waals surface area contributed by atoms with Crippen LogP contribution in [0.5, 0.6) is 5.75 Å². The van der Waals surface area contributed by atoms with Gasteiger partial charge in [0.1, 0.15) is 18.4 Å². The molecule has 0 N–H and O–H groups in total. The first kappa shape index (κ1) is 21.6. The van der Waals surface area contributed by atoms with E-state index in [4.69, 9.17) is 4.74 Å². The molecule has 2 aromatic rings. The smallest absolute Gasteiger partial charge is 0.232 e. The van der Waals surface area contributed by atoms with Crippen molar-refractivity contribution in [3.05, 3.63) is 83.6 Å². The third-order valence-corrected chi connectivity index (χ3v) is 6.06. The van der Waals surface area contributed by atoms with E-state index in [1.165, 1.54) is 0 Å². The number of anilines is 1. The molecule has 5 nitrogen and oxygen atoms in total. The predicted molar refractivity (Wildman–Crippen MR) is 123 cm³/mol. The number of amides is 1. The Labute approximate surface area is 188 Å². The molecule has 2 aliphatic rings. The van der Waals surface area contributed by atoms with E-state index < -0.39 is 0 Å². The first-order valence-electron chi connectivity index (χ1n) is 10.8. The highest BCUT2D eigenvalue weighted by molar-refractivity contribution is 6.08. The van der Waals surface area contributed by atoms with Crippen molar-refractivity contribution in [3.8, 4) is 11.8 Å². The molecule has 0 spiro atoms. The number of benzene rings is 2. The highest BCUT2D eigenvalue weighted by Gasteiger charge is 2.44. The topological polar surface area (TPSA) is 70.4 Å². The average molecular weight is 427 g/mol. The van der Waals surface area contributed by atoms with E-state index in [0.29, 0.717) is 42.0 Å². The van der Waals surface area contributed by atoms with Crippen LogP contribution in [0.4, 0.5) is 5.69 Å². The van der Waals surface area contributed by atoms with Crippen LogP contribution in [0.2, 0.25) is 0 Å². The molecule has 0 saturated carbocycles. The number of hydrogen-bond acceptors (Lipinski definition) is 4. The Bertz CT molecular complexity index is 1150. The number of ether oxygens (including phenoxy) is 1. The van der Waals surface area contributed by atoms with Crippen LogP contribution in [0.1, 0.15) is 50.2 Å². The fraction of sp³-hybridized carbons (Fsp3) is 0.296. The van der Waals surface area contributed by atoms with E-state index in [0.717, 1.165) is 11.3 Å². The molecule has 1 aliphatic carbocycles. The van der Waals surface area contributed by atoms with Gasteiger partial charge in [0.2, 0.25) is 5.91 Å². The molecule has 1 heterocycles. The zero-order chi connectivity index (χ0) is 22.9. The van der Waals surface area contributed by atoms with Crippen LogP contribution in [0, 0.1) is 16.7 Å². The summed E-state index contributed by atoms with van der Waals surface area (Å²) in [6.07, 6.45) is 2.89. The number of carbonyl (C=O) groups is 2. The summed E-state index contributed by atoms with van der Waals surface area (Å²) in [7, 11) is 0. The van der Waals surface area contributed by atoms with Gasteiger partial charge in [0.25, 0.3) is 0 Å². The van der Waals surface area contributed by atoms with Crippen molar-refractivity contribution >= 4 is 17.4 Å². The van der Waals surface area contributed by atoms with Crippen molar-refractivity contribution in [1.82, 2.24) is 0 Å². The summed E-state index contributed by atoms with van der Waals surface area (Å²) in [5, 5.41) is 9.61. The minimum Gasteiger partial charge on any atom is -0.490 e. The SMILES string of the molecule is C=CCOc1ccc(C2CC(=O)N(c3ccccc3C#N)C3=C2C(=O)CC(C)(C)C3)cc1. The van der Waals surface area contributed by atoms with E-state index in [-0.39, 0.29) is 29.4 Å². The number of nitrogens with zero attached hydrogens (tertiary/aromatic N) is 2. The van der Waals surface area contributed by atoms with Gasteiger partial charge in [-0.2, -0.15) is 5.26 Å². The van der Waals surface area contributed by atoms with Gasteiger partial charge in [0, 0.05) is 30.0 Å². The van der Waals surface area contributed by atoms with Gasteiger partial charge in [-0.25, -0.2) is 0 Å². The van der Waals surface area contributed by atoms with E-state index in [1.807, 2.05) is 44.2 Å². The number of Topliss-reactive ketones (excluding diaryl/α,β-unsaturated/α-hetero) is 1. The Balaban J connectivity index is 1.83. The molecule has 0 radical (unpaired) electrons. The standard InChI is InChI=1S/C27H26N2O3/c1-4-13-32-20-11-9-18(10-12-20)21-14-25(31)29(22-8-6-5-7-19(22)17-28)23-15-27(2,3)16-24(30)26(21)23/h4-12,21H,1,13-16H2,2-3H3. The molecule has 5 heteroatoms. The lowest BCUT2D eigenvalue weighted by molar-refractivity contribution is -0.121. The van der Waals surface area contributed by atoms with Gasteiger partial charge in [0.15, 0.2) is 5.78 Å². The van der Waals surface area contributed by atoms with Crippen LogP contribution in [-0.2, 0) is 9.59 Å². The maximum atomic E-state index is 13.5. The summed E-state index contributed by atoms with van der Waals surface area (Å²) in [5.41, 5.74) is 3.03. The van der Waals surface area contributed by atoms with E-state index in [2.05, 4.69) is 12.6 Å². The van der Waals surface area contributed by atoms with Crippen molar-refractivity contribution in [3.63, 3.8) is 0 Å². The van der Waals surface area contributed by atoms with Gasteiger partial charge in [-0.15, -0.1) is 0 Å². The van der Waals surface area contributed by atoms with Crippen LogP contribution >= 0.6 is 0 Å². The molecule has 1 aliphatic heterocycles. The minimum absolute atomic E-state index is 0.0696. The number of nitriles is 1. The molecule has 4 rings (SSSR count). The first-order valence-corrected chi connectivity index (χ1v) is 10.8. The maximum Gasteiger partial charge on any atom is 0.232 e. The number of carbonyl (C=O) groups excluding carboxylic acids is 2. The van der Waals surface area contributed by atoms with Gasteiger partial charge >= 0.3 is 0 Å². The predicted octanol–water partition coefficient (Wildman–Crippen LogP) is 5.29. The second kappa shape index (κ2) is 8.47. The van der Waals surface area contributed by atoms with E-state index >= 15 is 0 Å². The molecule has 1 atom stereocenters. The van der Waals surface area contributed by atoms with Crippen molar-refractivity contribution in [1.29, 1.82) is 5.26 Å². The summed E-state index contributed by atoms with van der Waals surface area (Å²) in [4.78, 5) is 28.5. The Kier molecular flexibility index (Phi) is 5.71. The molecule has 0 saturated heterocycles. The number of rotatable bonds is 5. The normalized spacial score (nSPS) is 19.9. The monoisotopic (exact) mass is 426 g/mol. The summed E-state index contributed by atoms with van der Waals surface area (Å²) >= 11 is 0. The zero-order valence-corrected chi connectivity index (χ0v) is 18.4. The fourth-order valence-corrected chi connectivity index (χ4v) is 4.69. The molecule has 2 aromatic carbocycles. The van der Waals surface area contributed by atoms with Crippen LogP contribution in [-0.4, -0.2) is 18.3 Å². The molecule has 0 bridgehead atoms. The zero-order valence-electron chi connectivity index (χ0n) is 18.4. The largest absolute Gasteiger partial charge is 0.490 e. The third kappa shape index (κ3) is 3.97. The number of hydrogen-bond donors (Lipinski definition) is 0. The molecular weight excluding hydrogens is 400 g/mol. The van der Waals surface area contributed by atoms with Gasteiger partial charge in [0.05, 0.1) is 11.3 Å². The lowest BCUT2D eigenvalue weighted by atomic mass is 9.69. The number of allylic oxidation sites excluding steroid dienone is 2. The van der Waals surface area contributed by atoms with Crippen LogP contribution in [0.15, 0.2) is 72.5 Å². The molecule has 32 heavy (non-hydrogen) atoms. The van der Waals surface area contributed by atoms with Gasteiger partial charge in [-0.3, -0.25) is 14.5 Å². The Morgan fingerprint density at radius 3 is 2.56 bits per heavy atom. The van der Waals surface area contributed by atoms with Crippen molar-refractivity contribution in [2.45, 2.75) is 39.0 Å². The van der Waals surface area contributed by atoms with Gasteiger partial charge in [-0.05, 0) is 41.7 Å². The van der Waals surface area contributed by atoms with Crippen LogP contribution in [0.25, 0.3) is 0 Å². The molecule has 0 aromatic heterocycles. The highest BCUT2D eigenvalue weighted by Crippen LogP contribution is 2.48. The summed E-state index contributed by atoms with van der Waals surface area (Å²) in [6.45, 7) is 8.16. The summed E-state index contributed by atoms with van der Waals surface area (Å²) < 4.78 is 5.57. The highest BCUT2D eigenvalue weighted by atomic mass is 16.5. The van der Waals surface area contributed by atoms with Gasteiger partial charge in [-0.1, -0.05) is 50.8 Å². The second-order valence-electron chi connectivity index (χ2n) is 9.08. The van der Waals surface area contributed by atoms with E-state index in [1.54, 1.807) is 29.2 Å². The molecule has 0 fully saturated rings. The van der Waals surface area contributed by atoms with Crippen molar-refractivity contribution in [2.24, 2.45) is 5.41 Å². The molecule has 162 valence electrons. The fourth-order valence-electron chi connectivity index (χ4n) is 4.69. The minimum atomic E-state index is -0.306. The second-order valence-corrected chi connectivity index (χ2v) is 9.08. The Hall–Kier alpha value is -3.65. The summed E-state index contributed by atoms with van der Waals surface area (Å²) in [6, 6.07) is 16.8. The van der Waals surface area contributed by atoms with Gasteiger partial charge < -0.3 is 4.74 Å². The lowest BCUT2D eigenvalue weighted by Crippen LogP contribution is -2.44. The molecule has 1 amide bonds. The Morgan fingerprint density at radius 2 is 1.88 bits per heavy atom. The third-order valence-electron chi connectivity index (χ3n) is 6.06. The number of ketones is 1. The van der Waals surface area contributed by atoms with E-state index in [9.17, 15) is 14.9 Å². The van der Waals surface area contributed by atoms with Crippen molar-refractivity contribution < 1.29 is 14.3 Å². The number of para-hydroxylation sites is 1. The van der Waals surface area contributed by atoms with Crippen LogP contribution in [0.3, 0.4) is 0 Å². The quantitative estimate of drug-likeness (QED) is 0.610. The van der Waals surface area contributed by atoms with Crippen molar-refractivity contribution in [2.75, 3.05) is 11.5 Å². The maximum absolute atomic E-state index is 13.5. The van der Waals surface area contributed by atoms with Crippen LogP contribution < -0.4 is 9.64 Å². The molecule has 1 unspecified atom stereocenters. The molecular formula is C27H26N2O3. The Morgan fingerprint density at radius 1 is 1.16 bits per heavy atom. The first-order chi connectivity index (χ1) is 15.3. The lowest BCUT2D eigenvalue weighted by Gasteiger charge is -2.43. The average Bonchev–Trinajstić information content (AvgIpc) is 2.76. The summed E-state index contributed by atoms with van der Waals surface area (Å²) in [5.74, 6) is 0.375.